The lowest BCUT2D eigenvalue weighted by molar-refractivity contribution is 0.419. The van der Waals surface area contributed by atoms with Gasteiger partial charge in [0.25, 0.3) is 0 Å². The van der Waals surface area contributed by atoms with Gasteiger partial charge in [0, 0.05) is 6.07 Å². The lowest BCUT2D eigenvalue weighted by Gasteiger charge is -2.02. The van der Waals surface area contributed by atoms with Gasteiger partial charge in [-0.1, -0.05) is 11.8 Å². The fourth-order valence-electron chi connectivity index (χ4n) is 1.59. The molecule has 0 saturated carbocycles. The number of aromatic hydroxyl groups is 1. The second-order valence-corrected chi connectivity index (χ2v) is 4.84. The molecule has 0 bridgehead atoms. The minimum Gasteiger partial charge on any atom is -0.502 e. The monoisotopic (exact) mass is 291 g/mol. The zero-order valence-electron chi connectivity index (χ0n) is 10.0. The van der Waals surface area contributed by atoms with E-state index in [0.29, 0.717) is 27.7 Å². The highest BCUT2D eigenvalue weighted by atomic mass is 32.2. The molecule has 0 aliphatic heterocycles. The van der Waals surface area contributed by atoms with E-state index in [-0.39, 0.29) is 5.95 Å². The molecule has 9 heteroatoms. The number of hydrogen-bond donors (Lipinski definition) is 3. The molecule has 0 spiro atoms. The molecule has 4 N–H and O–H groups in total. The smallest absolute Gasteiger partial charge is 0.226 e. The number of H-pyrrole nitrogens is 1. The summed E-state index contributed by atoms with van der Waals surface area (Å²) >= 11 is 1.32. The van der Waals surface area contributed by atoms with Crippen molar-refractivity contribution in [2.24, 2.45) is 0 Å². The molecule has 0 radical (unpaired) electrons. The van der Waals surface area contributed by atoms with Crippen molar-refractivity contribution >= 4 is 28.9 Å². The van der Waals surface area contributed by atoms with Crippen LogP contribution in [0.3, 0.4) is 0 Å². The number of aromatic amines is 1. The third-order valence-electron chi connectivity index (χ3n) is 2.49. The molecular weight excluding hydrogens is 282 g/mol. The summed E-state index contributed by atoms with van der Waals surface area (Å²) in [6.45, 7) is 0. The number of aromatic nitrogens is 4. The van der Waals surface area contributed by atoms with Crippen molar-refractivity contribution in [3.8, 4) is 5.75 Å². The molecule has 0 saturated heterocycles. The largest absolute Gasteiger partial charge is 0.502 e. The molecule has 3 heterocycles. The van der Waals surface area contributed by atoms with Crippen LogP contribution in [0.5, 0.6) is 5.75 Å². The van der Waals surface area contributed by atoms with Crippen LogP contribution in [-0.4, -0.2) is 25.0 Å². The normalized spacial score (nSPS) is 11.0. The average Bonchev–Trinajstić information content (AvgIpc) is 2.88. The number of fused-ring (bicyclic) bond motifs is 1. The van der Waals surface area contributed by atoms with Gasteiger partial charge < -0.3 is 20.2 Å². The Morgan fingerprint density at radius 1 is 1.45 bits per heavy atom. The van der Waals surface area contributed by atoms with Gasteiger partial charge in [0.05, 0.1) is 12.1 Å². The Balaban J connectivity index is 1.88. The van der Waals surface area contributed by atoms with E-state index < -0.39 is 11.2 Å². The summed E-state index contributed by atoms with van der Waals surface area (Å²) in [5, 5.41) is 9.73. The van der Waals surface area contributed by atoms with Crippen LogP contribution < -0.4 is 11.2 Å². The summed E-state index contributed by atoms with van der Waals surface area (Å²) < 4.78 is 5.11. The summed E-state index contributed by atoms with van der Waals surface area (Å²) in [7, 11) is 0. The molecule has 0 aliphatic rings. The zero-order chi connectivity index (χ0) is 14.1. The Kier molecular flexibility index (Phi) is 3.03. The maximum Gasteiger partial charge on any atom is 0.226 e. The van der Waals surface area contributed by atoms with Crippen LogP contribution in [-0.2, 0) is 5.75 Å². The molecule has 0 fully saturated rings. The highest BCUT2D eigenvalue weighted by Crippen LogP contribution is 2.26. The van der Waals surface area contributed by atoms with Gasteiger partial charge in [-0.2, -0.15) is 4.98 Å². The predicted molar refractivity (Wildman–Crippen MR) is 72.3 cm³/mol. The number of nitrogens with two attached hydrogens (primary N) is 1. The van der Waals surface area contributed by atoms with Gasteiger partial charge in [0.1, 0.15) is 22.6 Å². The minimum absolute atomic E-state index is 0.124. The molecule has 0 atom stereocenters. The van der Waals surface area contributed by atoms with Gasteiger partial charge in [-0.05, 0) is 0 Å². The van der Waals surface area contributed by atoms with Crippen LogP contribution in [0.4, 0.5) is 5.95 Å². The number of imidazole rings is 1. The molecule has 0 aromatic carbocycles. The van der Waals surface area contributed by atoms with Gasteiger partial charge in [0.15, 0.2) is 11.4 Å². The highest BCUT2D eigenvalue weighted by molar-refractivity contribution is 7.98. The number of nitrogens with one attached hydrogen (secondary N) is 1. The molecule has 0 aliphatic carbocycles. The maximum atomic E-state index is 11.3. The highest BCUT2D eigenvalue weighted by Gasteiger charge is 2.10. The van der Waals surface area contributed by atoms with Crippen molar-refractivity contribution < 1.29 is 9.52 Å². The molecule has 8 nitrogen and oxygen atoms in total. The SMILES string of the molecule is Nc1nc(SCc2cc(=O)c(O)co2)c2[nH]cnc2n1. The van der Waals surface area contributed by atoms with Crippen LogP contribution in [0, 0.1) is 0 Å². The van der Waals surface area contributed by atoms with E-state index in [1.807, 2.05) is 0 Å². The lowest BCUT2D eigenvalue weighted by Crippen LogP contribution is -2.00. The van der Waals surface area contributed by atoms with E-state index in [1.165, 1.54) is 24.2 Å². The van der Waals surface area contributed by atoms with E-state index >= 15 is 0 Å². The number of nitrogen functional groups attached to an aromatic ring is 1. The first-order valence-corrected chi connectivity index (χ1v) is 6.52. The molecule has 3 aromatic rings. The van der Waals surface area contributed by atoms with Crippen molar-refractivity contribution in [2.75, 3.05) is 5.73 Å². The van der Waals surface area contributed by atoms with Gasteiger partial charge in [-0.25, -0.2) is 9.97 Å². The standard InChI is InChI=1S/C11H9N5O3S/c12-11-15-9-8(13-4-14-9)10(16-11)20-3-5-1-6(17)7(18)2-19-5/h1-2,4,18H,3H2,(H3,12,13,14,15,16). The van der Waals surface area contributed by atoms with E-state index in [0.717, 1.165) is 6.26 Å². The predicted octanol–water partition coefficient (Wildman–Crippen LogP) is 0.886. The molecule has 3 rings (SSSR count). The van der Waals surface area contributed by atoms with Crippen LogP contribution in [0.2, 0.25) is 0 Å². The van der Waals surface area contributed by atoms with Gasteiger partial charge in [-0.3, -0.25) is 4.79 Å². The van der Waals surface area contributed by atoms with Gasteiger partial charge >= 0.3 is 0 Å². The van der Waals surface area contributed by atoms with E-state index in [1.54, 1.807) is 0 Å². The maximum absolute atomic E-state index is 11.3. The molecular formula is C11H9N5O3S. The number of nitrogens with zero attached hydrogens (tertiary/aromatic N) is 3. The number of hydrogen-bond acceptors (Lipinski definition) is 8. The fourth-order valence-corrected chi connectivity index (χ4v) is 2.47. The second-order valence-electron chi connectivity index (χ2n) is 3.87. The first kappa shape index (κ1) is 12.5. The lowest BCUT2D eigenvalue weighted by atomic mass is 10.4. The molecule has 3 aromatic heterocycles. The molecule has 0 unspecified atom stereocenters. The van der Waals surface area contributed by atoms with Crippen molar-refractivity contribution in [1.82, 2.24) is 19.9 Å². The Morgan fingerprint density at radius 2 is 2.30 bits per heavy atom. The Hall–Kier alpha value is -2.55. The summed E-state index contributed by atoms with van der Waals surface area (Å²) in [6.07, 6.45) is 2.52. The molecule has 102 valence electrons. The Labute approximate surface area is 116 Å². The minimum atomic E-state index is -0.485. The van der Waals surface area contributed by atoms with Gasteiger partial charge in [-0.15, -0.1) is 0 Å². The van der Waals surface area contributed by atoms with E-state index in [2.05, 4.69) is 19.9 Å². The number of thioether (sulfide) groups is 1. The Morgan fingerprint density at radius 3 is 3.10 bits per heavy atom. The first-order valence-electron chi connectivity index (χ1n) is 5.53. The average molecular weight is 291 g/mol. The quantitative estimate of drug-likeness (QED) is 0.479. The molecule has 20 heavy (non-hydrogen) atoms. The van der Waals surface area contributed by atoms with Crippen molar-refractivity contribution in [3.05, 3.63) is 34.6 Å². The summed E-state index contributed by atoms with van der Waals surface area (Å²) in [5.74, 6) is 0.489. The number of rotatable bonds is 3. The fraction of sp³-hybridized carbons (Fsp3) is 0.0909. The van der Waals surface area contributed by atoms with Crippen LogP contribution in [0.15, 0.2) is 32.9 Å². The van der Waals surface area contributed by atoms with Gasteiger partial charge in [0.2, 0.25) is 11.4 Å². The van der Waals surface area contributed by atoms with E-state index in [4.69, 9.17) is 15.3 Å². The first-order chi connectivity index (χ1) is 9.63. The summed E-state index contributed by atoms with van der Waals surface area (Å²) in [5.41, 5.74) is 6.27. The second kappa shape index (κ2) is 4.85. The van der Waals surface area contributed by atoms with Crippen LogP contribution in [0.1, 0.15) is 5.76 Å². The van der Waals surface area contributed by atoms with Crippen molar-refractivity contribution in [1.29, 1.82) is 0 Å². The summed E-state index contributed by atoms with van der Waals surface area (Å²) in [6, 6.07) is 1.23. The van der Waals surface area contributed by atoms with Crippen LogP contribution >= 0.6 is 11.8 Å². The third kappa shape index (κ3) is 2.30. The topological polar surface area (TPSA) is 131 Å². The van der Waals surface area contributed by atoms with E-state index in [9.17, 15) is 4.79 Å². The summed E-state index contributed by atoms with van der Waals surface area (Å²) in [4.78, 5) is 26.3. The van der Waals surface area contributed by atoms with Crippen LogP contribution in [0.25, 0.3) is 11.2 Å². The Bertz CT molecular complexity index is 828. The van der Waals surface area contributed by atoms with Crippen molar-refractivity contribution in [3.63, 3.8) is 0 Å². The third-order valence-corrected chi connectivity index (χ3v) is 3.49. The molecule has 0 amide bonds. The van der Waals surface area contributed by atoms with Crippen molar-refractivity contribution in [2.45, 2.75) is 10.8 Å². The number of anilines is 1. The zero-order valence-corrected chi connectivity index (χ0v) is 10.8.